The Bertz CT molecular complexity index is 275. The Morgan fingerprint density at radius 3 is 1.10 bits per heavy atom. The van der Waals surface area contributed by atoms with Crippen LogP contribution in [0.5, 0.6) is 0 Å². The molecule has 112 valence electrons. The van der Waals surface area contributed by atoms with Crippen LogP contribution in [0, 0.1) is 0 Å². The van der Waals surface area contributed by atoms with Gasteiger partial charge in [0.05, 0.1) is 25.0 Å². The first kappa shape index (κ1) is 32.6. The van der Waals surface area contributed by atoms with Gasteiger partial charge in [-0.25, -0.2) is 0 Å². The Balaban J connectivity index is -0.0000000622. The van der Waals surface area contributed by atoms with Gasteiger partial charge in [0.25, 0.3) is 0 Å². The quantitative estimate of drug-likeness (QED) is 0.288. The summed E-state index contributed by atoms with van der Waals surface area (Å²) in [4.78, 5) is 37.7. The first-order valence-corrected chi connectivity index (χ1v) is 4.61. The van der Waals surface area contributed by atoms with Crippen LogP contribution in [0.2, 0.25) is 0 Å². The normalized spacial score (nSPS) is 7.33. The number of carbonyl (C=O) groups excluding carboxylic acids is 2. The minimum absolute atomic E-state index is 0. The molecule has 0 amide bonds. The standard InChI is InChI=1S/C4H7NO4.2C2H5NO2.2Na/c6-3(7)1-5-2-4(8)9;2*3-1-2(4)5;;/h5H,1-2H2,(H,6,7)(H,8,9);2*1,3H2,(H,4,5);;/q;;;2*+1/p-2. The summed E-state index contributed by atoms with van der Waals surface area (Å²) in [5.41, 5.74) is 9.02. The van der Waals surface area contributed by atoms with Gasteiger partial charge < -0.3 is 41.5 Å². The third-order valence-electron chi connectivity index (χ3n) is 0.886. The maximum absolute atomic E-state index is 9.73. The van der Waals surface area contributed by atoms with Crippen LogP contribution in [0.3, 0.4) is 0 Å². The molecule has 0 aliphatic rings. The van der Waals surface area contributed by atoms with E-state index in [1.807, 2.05) is 0 Å². The molecule has 0 heterocycles. The summed E-state index contributed by atoms with van der Waals surface area (Å²) >= 11 is 0. The van der Waals surface area contributed by atoms with Crippen molar-refractivity contribution in [3.63, 3.8) is 0 Å². The van der Waals surface area contributed by atoms with Crippen LogP contribution < -0.4 is 86.1 Å². The van der Waals surface area contributed by atoms with Gasteiger partial charge in [-0.3, -0.25) is 14.9 Å². The van der Waals surface area contributed by atoms with Crippen LogP contribution >= 0.6 is 0 Å². The summed E-state index contributed by atoms with van der Waals surface area (Å²) < 4.78 is 0. The summed E-state index contributed by atoms with van der Waals surface area (Å²) in [5.74, 6) is -4.55. The van der Waals surface area contributed by atoms with Crippen molar-refractivity contribution in [2.45, 2.75) is 0 Å². The van der Waals surface area contributed by atoms with Crippen molar-refractivity contribution in [2.75, 3.05) is 26.2 Å². The van der Waals surface area contributed by atoms with Crippen LogP contribution in [-0.4, -0.2) is 60.3 Å². The summed E-state index contributed by atoms with van der Waals surface area (Å²) in [5, 5.41) is 36.4. The first-order chi connectivity index (χ1) is 8.67. The van der Waals surface area contributed by atoms with E-state index in [0.29, 0.717) is 0 Å². The Kier molecular flexibility index (Phi) is 38.5. The van der Waals surface area contributed by atoms with Crippen LogP contribution in [0.25, 0.3) is 0 Å². The molecule has 0 atom stereocenters. The molecule has 0 bridgehead atoms. The SMILES string of the molecule is NCC(=O)[O-].NCC(=O)[O-].O=C(O)CNCC(=O)O.[Na+].[Na+]. The molecule has 21 heavy (non-hydrogen) atoms. The number of nitrogens with two attached hydrogens (primary N) is 2. The van der Waals surface area contributed by atoms with Crippen molar-refractivity contribution in [3.8, 4) is 0 Å². The number of carbonyl (C=O) groups is 4. The molecule has 13 heteroatoms. The van der Waals surface area contributed by atoms with Crippen LogP contribution in [0.15, 0.2) is 0 Å². The van der Waals surface area contributed by atoms with Crippen LogP contribution in [0.4, 0.5) is 0 Å². The zero-order valence-electron chi connectivity index (χ0n) is 11.8. The van der Waals surface area contributed by atoms with E-state index in [4.69, 9.17) is 30.0 Å². The van der Waals surface area contributed by atoms with Gasteiger partial charge in [-0.2, -0.15) is 0 Å². The molecule has 0 saturated heterocycles. The largest absolute Gasteiger partial charge is 1.00 e. The molecule has 0 radical (unpaired) electrons. The fourth-order valence-electron chi connectivity index (χ4n) is 0.276. The van der Waals surface area contributed by atoms with Crippen molar-refractivity contribution < 1.29 is 98.7 Å². The molecule has 0 aliphatic carbocycles. The molecule has 0 fully saturated rings. The summed E-state index contributed by atoms with van der Waals surface area (Å²) in [6.07, 6.45) is 0. The van der Waals surface area contributed by atoms with E-state index in [0.717, 1.165) is 0 Å². The molecule has 7 N–H and O–H groups in total. The molecule has 0 aliphatic heterocycles. The minimum atomic E-state index is -1.22. The summed E-state index contributed by atoms with van der Waals surface area (Å²) in [6, 6.07) is 0. The maximum Gasteiger partial charge on any atom is 1.00 e. The molecule has 0 aromatic rings. The van der Waals surface area contributed by atoms with Crippen molar-refractivity contribution in [1.82, 2.24) is 5.32 Å². The average Bonchev–Trinajstić information content (AvgIpc) is 2.29. The fraction of sp³-hybridized carbons (Fsp3) is 0.500. The Morgan fingerprint density at radius 1 is 0.810 bits per heavy atom. The van der Waals surface area contributed by atoms with E-state index in [-0.39, 0.29) is 85.3 Å². The van der Waals surface area contributed by atoms with E-state index in [2.05, 4.69) is 16.8 Å². The molecule has 0 saturated carbocycles. The Labute approximate surface area is 164 Å². The fourth-order valence-corrected chi connectivity index (χ4v) is 0.276. The topological polar surface area (TPSA) is 219 Å². The minimum Gasteiger partial charge on any atom is -0.549 e. The van der Waals surface area contributed by atoms with Gasteiger partial charge in [0.15, 0.2) is 0 Å². The number of nitrogens with one attached hydrogen (secondary N) is 1. The molecule has 11 nitrogen and oxygen atoms in total. The maximum atomic E-state index is 9.73. The second kappa shape index (κ2) is 24.8. The molecular formula is C8H15N3Na2O8. The molecule has 0 aromatic carbocycles. The molecule has 0 aromatic heterocycles. The summed E-state index contributed by atoms with van der Waals surface area (Å²) in [7, 11) is 0. The molecule has 0 unspecified atom stereocenters. The zero-order chi connectivity index (χ0) is 15.8. The number of aliphatic carboxylic acids is 4. The smallest absolute Gasteiger partial charge is 0.549 e. The number of carboxylic acids is 4. The molecule has 0 spiro atoms. The van der Waals surface area contributed by atoms with Gasteiger partial charge in [0.1, 0.15) is 0 Å². The first-order valence-electron chi connectivity index (χ1n) is 4.61. The van der Waals surface area contributed by atoms with Crippen molar-refractivity contribution >= 4 is 23.9 Å². The predicted molar refractivity (Wildman–Crippen MR) is 56.3 cm³/mol. The number of hydrogen-bond donors (Lipinski definition) is 5. The van der Waals surface area contributed by atoms with E-state index in [1.54, 1.807) is 0 Å². The Hall–Kier alpha value is -0.240. The zero-order valence-corrected chi connectivity index (χ0v) is 15.8. The predicted octanol–water partition coefficient (Wildman–Crippen LogP) is -11.9. The Morgan fingerprint density at radius 2 is 1.00 bits per heavy atom. The van der Waals surface area contributed by atoms with E-state index in [1.165, 1.54) is 0 Å². The van der Waals surface area contributed by atoms with Gasteiger partial charge in [-0.15, -0.1) is 0 Å². The van der Waals surface area contributed by atoms with E-state index < -0.39 is 23.9 Å². The second-order valence-corrected chi connectivity index (χ2v) is 2.54. The van der Waals surface area contributed by atoms with Gasteiger partial charge in [0.2, 0.25) is 0 Å². The van der Waals surface area contributed by atoms with Gasteiger partial charge >= 0.3 is 71.1 Å². The van der Waals surface area contributed by atoms with Gasteiger partial charge in [0, 0.05) is 13.1 Å². The van der Waals surface area contributed by atoms with Crippen molar-refractivity contribution in [1.29, 1.82) is 0 Å². The van der Waals surface area contributed by atoms with Crippen LogP contribution in [0.1, 0.15) is 0 Å². The monoisotopic (exact) mass is 327 g/mol. The van der Waals surface area contributed by atoms with Crippen LogP contribution in [-0.2, 0) is 19.2 Å². The van der Waals surface area contributed by atoms with Crippen molar-refractivity contribution in [3.05, 3.63) is 0 Å². The van der Waals surface area contributed by atoms with E-state index >= 15 is 0 Å². The third kappa shape index (κ3) is 65.4. The number of carboxylic acid groups (broad SMARTS) is 4. The van der Waals surface area contributed by atoms with Gasteiger partial charge in [-0.05, 0) is 0 Å². The molecule has 0 rings (SSSR count). The second-order valence-electron chi connectivity index (χ2n) is 2.54. The van der Waals surface area contributed by atoms with E-state index in [9.17, 15) is 9.59 Å². The summed E-state index contributed by atoms with van der Waals surface area (Å²) in [6.45, 7) is -1.40. The molecular weight excluding hydrogens is 312 g/mol. The van der Waals surface area contributed by atoms with Gasteiger partial charge in [-0.1, -0.05) is 0 Å². The number of rotatable bonds is 6. The number of hydrogen-bond acceptors (Lipinski definition) is 9. The van der Waals surface area contributed by atoms with Crippen molar-refractivity contribution in [2.24, 2.45) is 11.5 Å². The third-order valence-corrected chi connectivity index (χ3v) is 0.886. The average molecular weight is 327 g/mol.